The zero-order valence-electron chi connectivity index (χ0n) is 17.8. The van der Waals surface area contributed by atoms with Crippen molar-refractivity contribution in [3.63, 3.8) is 0 Å². The van der Waals surface area contributed by atoms with Crippen molar-refractivity contribution in [3.8, 4) is 0 Å². The fourth-order valence-corrected chi connectivity index (χ4v) is 4.14. The Bertz CT molecular complexity index is 971. The monoisotopic (exact) mass is 420 g/mol. The summed E-state index contributed by atoms with van der Waals surface area (Å²) < 4.78 is 10.9. The van der Waals surface area contributed by atoms with E-state index in [9.17, 15) is 9.59 Å². The van der Waals surface area contributed by atoms with Gasteiger partial charge in [-0.1, -0.05) is 49.1 Å². The van der Waals surface area contributed by atoms with Gasteiger partial charge in [0.25, 0.3) is 5.91 Å². The summed E-state index contributed by atoms with van der Waals surface area (Å²) in [5.41, 5.74) is 1.84. The molecular formula is C25H28N2O4. The van der Waals surface area contributed by atoms with Gasteiger partial charge in [-0.15, -0.1) is 0 Å². The molecule has 1 aliphatic rings. The van der Waals surface area contributed by atoms with Gasteiger partial charge in [-0.3, -0.25) is 9.59 Å². The van der Waals surface area contributed by atoms with Crippen LogP contribution in [0.4, 0.5) is 0 Å². The van der Waals surface area contributed by atoms with Crippen LogP contribution in [0.5, 0.6) is 0 Å². The molecule has 1 saturated carbocycles. The molecule has 2 amide bonds. The van der Waals surface area contributed by atoms with Crippen molar-refractivity contribution < 1.29 is 18.4 Å². The van der Waals surface area contributed by atoms with Gasteiger partial charge in [0.05, 0.1) is 19.1 Å². The van der Waals surface area contributed by atoms with Gasteiger partial charge in [0.15, 0.2) is 5.76 Å². The fourth-order valence-electron chi connectivity index (χ4n) is 4.14. The minimum atomic E-state index is -0.801. The lowest BCUT2D eigenvalue weighted by molar-refractivity contribution is -0.127. The zero-order chi connectivity index (χ0) is 21.6. The molecule has 1 aromatic carbocycles. The predicted molar refractivity (Wildman–Crippen MR) is 116 cm³/mol. The molecule has 1 atom stereocenters. The van der Waals surface area contributed by atoms with Gasteiger partial charge in [0, 0.05) is 6.04 Å². The zero-order valence-corrected chi connectivity index (χ0v) is 17.8. The maximum atomic E-state index is 13.6. The molecule has 31 heavy (non-hydrogen) atoms. The Kier molecular flexibility index (Phi) is 6.55. The third-order valence-electron chi connectivity index (χ3n) is 5.80. The highest BCUT2D eigenvalue weighted by atomic mass is 16.3. The van der Waals surface area contributed by atoms with E-state index in [0.29, 0.717) is 5.76 Å². The molecule has 0 bridgehead atoms. The van der Waals surface area contributed by atoms with Gasteiger partial charge in [-0.25, -0.2) is 0 Å². The summed E-state index contributed by atoms with van der Waals surface area (Å²) in [6.07, 6.45) is 8.39. The highest BCUT2D eigenvalue weighted by molar-refractivity contribution is 5.96. The highest BCUT2D eigenvalue weighted by Gasteiger charge is 2.35. The van der Waals surface area contributed by atoms with Crippen LogP contribution in [-0.4, -0.2) is 22.8 Å². The Balaban J connectivity index is 1.70. The first-order chi connectivity index (χ1) is 15.1. The molecule has 1 aliphatic carbocycles. The average Bonchev–Trinajstić information content (AvgIpc) is 3.49. The number of benzene rings is 1. The van der Waals surface area contributed by atoms with Crippen LogP contribution in [0.1, 0.15) is 65.6 Å². The quantitative estimate of drug-likeness (QED) is 0.583. The lowest BCUT2D eigenvalue weighted by Gasteiger charge is -2.32. The molecule has 0 unspecified atom stereocenters. The maximum Gasteiger partial charge on any atom is 0.290 e. The van der Waals surface area contributed by atoms with Crippen LogP contribution in [0.25, 0.3) is 0 Å². The number of carbonyl (C=O) groups excluding carboxylic acids is 2. The summed E-state index contributed by atoms with van der Waals surface area (Å²) in [4.78, 5) is 28.5. The number of nitrogens with zero attached hydrogens (tertiary/aromatic N) is 1. The number of hydrogen-bond acceptors (Lipinski definition) is 4. The minimum absolute atomic E-state index is 0.137. The molecule has 3 aromatic rings. The van der Waals surface area contributed by atoms with E-state index in [1.807, 2.05) is 31.2 Å². The summed E-state index contributed by atoms with van der Waals surface area (Å²) in [5.74, 6) is 0.254. The summed E-state index contributed by atoms with van der Waals surface area (Å²) in [5, 5.41) is 3.20. The lowest BCUT2D eigenvalue weighted by Crippen LogP contribution is -2.46. The first kappa shape index (κ1) is 21.0. The molecule has 2 heterocycles. The number of furan rings is 2. The van der Waals surface area contributed by atoms with Crippen LogP contribution in [0.3, 0.4) is 0 Å². The maximum absolute atomic E-state index is 13.6. The van der Waals surface area contributed by atoms with E-state index in [2.05, 4.69) is 5.32 Å². The van der Waals surface area contributed by atoms with Crippen LogP contribution >= 0.6 is 0 Å². The SMILES string of the molecule is Cc1ccc([C@H](C(=O)NC2CCCCC2)N(Cc2ccco2)C(=O)c2ccco2)cc1. The molecule has 0 saturated heterocycles. The molecule has 1 fully saturated rings. The molecule has 6 heteroatoms. The Labute approximate surface area is 182 Å². The Hall–Kier alpha value is -3.28. The Morgan fingerprint density at radius 1 is 1.00 bits per heavy atom. The molecule has 162 valence electrons. The first-order valence-electron chi connectivity index (χ1n) is 10.9. The van der Waals surface area contributed by atoms with E-state index in [4.69, 9.17) is 8.83 Å². The second-order valence-corrected chi connectivity index (χ2v) is 8.15. The number of aryl methyl sites for hydroxylation is 1. The second-order valence-electron chi connectivity index (χ2n) is 8.15. The molecule has 6 nitrogen and oxygen atoms in total. The number of nitrogens with one attached hydrogen (secondary N) is 1. The molecule has 0 radical (unpaired) electrons. The van der Waals surface area contributed by atoms with Crippen LogP contribution < -0.4 is 5.32 Å². The first-order valence-corrected chi connectivity index (χ1v) is 10.9. The highest BCUT2D eigenvalue weighted by Crippen LogP contribution is 2.28. The summed E-state index contributed by atoms with van der Waals surface area (Å²) in [6.45, 7) is 2.15. The molecule has 0 spiro atoms. The average molecular weight is 421 g/mol. The van der Waals surface area contributed by atoms with Crippen LogP contribution in [0.2, 0.25) is 0 Å². The number of hydrogen-bond donors (Lipinski definition) is 1. The van der Waals surface area contributed by atoms with Crippen LogP contribution in [-0.2, 0) is 11.3 Å². The molecular weight excluding hydrogens is 392 g/mol. The van der Waals surface area contributed by atoms with Crippen molar-refractivity contribution in [2.45, 2.75) is 57.7 Å². The van der Waals surface area contributed by atoms with E-state index in [1.54, 1.807) is 30.5 Å². The largest absolute Gasteiger partial charge is 0.467 e. The van der Waals surface area contributed by atoms with Gasteiger partial charge in [-0.2, -0.15) is 0 Å². The van der Waals surface area contributed by atoms with Crippen LogP contribution in [0.15, 0.2) is 69.9 Å². The van der Waals surface area contributed by atoms with Gasteiger partial charge >= 0.3 is 0 Å². The standard InChI is InChI=1S/C25H28N2O4/c1-18-11-13-19(14-12-18)23(24(28)26-20-7-3-2-4-8-20)27(17-21-9-5-15-30-21)25(29)22-10-6-16-31-22/h5-6,9-16,20,23H,2-4,7-8,17H2,1H3,(H,26,28)/t23-/m1/s1. The van der Waals surface area contributed by atoms with E-state index >= 15 is 0 Å². The van der Waals surface area contributed by atoms with Crippen molar-refractivity contribution in [1.29, 1.82) is 0 Å². The topological polar surface area (TPSA) is 75.7 Å². The van der Waals surface area contributed by atoms with Gasteiger partial charge in [-0.05, 0) is 49.6 Å². The predicted octanol–water partition coefficient (Wildman–Crippen LogP) is 5.01. The normalized spacial score (nSPS) is 15.4. The number of carbonyl (C=O) groups is 2. The molecule has 0 aliphatic heterocycles. The van der Waals surface area contributed by atoms with Crippen molar-refractivity contribution in [1.82, 2.24) is 10.2 Å². The smallest absolute Gasteiger partial charge is 0.290 e. The van der Waals surface area contributed by atoms with E-state index in [1.165, 1.54) is 17.6 Å². The molecule has 4 rings (SSSR count). The molecule has 1 N–H and O–H groups in total. The van der Waals surface area contributed by atoms with E-state index in [0.717, 1.165) is 36.8 Å². The van der Waals surface area contributed by atoms with Gasteiger partial charge in [0.2, 0.25) is 5.91 Å². The minimum Gasteiger partial charge on any atom is -0.467 e. The molecule has 2 aromatic heterocycles. The van der Waals surface area contributed by atoms with E-state index in [-0.39, 0.29) is 30.2 Å². The van der Waals surface area contributed by atoms with Crippen molar-refractivity contribution in [2.24, 2.45) is 0 Å². The van der Waals surface area contributed by atoms with Gasteiger partial charge in [0.1, 0.15) is 11.8 Å². The van der Waals surface area contributed by atoms with Crippen molar-refractivity contribution >= 4 is 11.8 Å². The lowest BCUT2D eigenvalue weighted by atomic mass is 9.94. The number of rotatable bonds is 7. The Morgan fingerprint density at radius 2 is 1.71 bits per heavy atom. The second kappa shape index (κ2) is 9.69. The fraction of sp³-hybridized carbons (Fsp3) is 0.360. The van der Waals surface area contributed by atoms with Crippen LogP contribution in [0, 0.1) is 6.92 Å². The summed E-state index contributed by atoms with van der Waals surface area (Å²) in [6, 6.07) is 13.9. The van der Waals surface area contributed by atoms with Gasteiger partial charge < -0.3 is 19.1 Å². The summed E-state index contributed by atoms with van der Waals surface area (Å²) in [7, 11) is 0. The van der Waals surface area contributed by atoms with Crippen molar-refractivity contribution in [3.05, 3.63) is 83.7 Å². The number of amides is 2. The third kappa shape index (κ3) is 5.08. The van der Waals surface area contributed by atoms with E-state index < -0.39 is 6.04 Å². The third-order valence-corrected chi connectivity index (χ3v) is 5.80. The summed E-state index contributed by atoms with van der Waals surface area (Å²) >= 11 is 0. The Morgan fingerprint density at radius 3 is 2.35 bits per heavy atom. The van der Waals surface area contributed by atoms with Crippen molar-refractivity contribution in [2.75, 3.05) is 0 Å².